The Bertz CT molecular complexity index is 777. The molecule has 23 heavy (non-hydrogen) atoms. The number of aromatic nitrogens is 2. The molecule has 124 valence electrons. The number of carbonyl (C=O) groups excluding carboxylic acids is 1. The minimum absolute atomic E-state index is 0.190. The number of carbonyl (C=O) groups is 1. The van der Waals surface area contributed by atoms with E-state index in [-0.39, 0.29) is 5.56 Å². The van der Waals surface area contributed by atoms with E-state index in [2.05, 4.69) is 20.2 Å². The number of hydrogen-bond acceptors (Lipinski definition) is 7. The van der Waals surface area contributed by atoms with Crippen molar-refractivity contribution in [1.82, 2.24) is 20.2 Å². The molecule has 0 atom stereocenters. The van der Waals surface area contributed by atoms with Gasteiger partial charge in [-0.3, -0.25) is 9.69 Å². The van der Waals surface area contributed by atoms with Gasteiger partial charge in [-0.15, -0.1) is 11.3 Å². The highest BCUT2D eigenvalue weighted by Crippen LogP contribution is 2.27. The second-order valence-electron chi connectivity index (χ2n) is 5.50. The average Bonchev–Trinajstić information content (AvgIpc) is 2.86. The fourth-order valence-electron chi connectivity index (χ4n) is 2.74. The molecular formula is C15H20N4O3S. The lowest BCUT2D eigenvalue weighted by atomic mass is 10.2. The first-order valence-corrected chi connectivity index (χ1v) is 8.54. The Morgan fingerprint density at radius 2 is 2.13 bits per heavy atom. The number of thiophene rings is 1. The van der Waals surface area contributed by atoms with Crippen LogP contribution in [0, 0.1) is 6.92 Å². The quantitative estimate of drug-likeness (QED) is 0.806. The molecule has 0 spiro atoms. The third-order valence-electron chi connectivity index (χ3n) is 3.89. The molecule has 1 fully saturated rings. The SMILES string of the molecule is CCOC(=O)c1sc2nc(CN3CCNCC3)[nH]c(=O)c2c1C. The van der Waals surface area contributed by atoms with E-state index < -0.39 is 5.97 Å². The zero-order valence-electron chi connectivity index (χ0n) is 13.3. The lowest BCUT2D eigenvalue weighted by molar-refractivity contribution is 0.0531. The smallest absolute Gasteiger partial charge is 0.348 e. The van der Waals surface area contributed by atoms with Gasteiger partial charge in [-0.1, -0.05) is 0 Å². The predicted molar refractivity (Wildman–Crippen MR) is 89.1 cm³/mol. The molecule has 0 aliphatic carbocycles. The van der Waals surface area contributed by atoms with E-state index in [1.165, 1.54) is 11.3 Å². The van der Waals surface area contributed by atoms with Crippen molar-refractivity contribution in [2.24, 2.45) is 0 Å². The highest BCUT2D eigenvalue weighted by molar-refractivity contribution is 7.20. The van der Waals surface area contributed by atoms with Crippen LogP contribution >= 0.6 is 11.3 Å². The molecule has 7 nitrogen and oxygen atoms in total. The fourth-order valence-corrected chi connectivity index (χ4v) is 3.83. The lowest BCUT2D eigenvalue weighted by Crippen LogP contribution is -2.43. The molecule has 2 aromatic rings. The third kappa shape index (κ3) is 3.29. The Morgan fingerprint density at radius 1 is 1.39 bits per heavy atom. The van der Waals surface area contributed by atoms with E-state index in [9.17, 15) is 9.59 Å². The van der Waals surface area contributed by atoms with Gasteiger partial charge in [0.1, 0.15) is 15.5 Å². The first kappa shape index (κ1) is 16.1. The van der Waals surface area contributed by atoms with E-state index in [4.69, 9.17) is 4.74 Å². The fraction of sp³-hybridized carbons (Fsp3) is 0.533. The summed E-state index contributed by atoms with van der Waals surface area (Å²) in [6, 6.07) is 0. The van der Waals surface area contributed by atoms with Gasteiger partial charge in [0.05, 0.1) is 18.5 Å². The Hall–Kier alpha value is -1.77. The summed E-state index contributed by atoms with van der Waals surface area (Å²) in [6.45, 7) is 8.19. The molecule has 1 aliphatic rings. The number of H-pyrrole nitrogens is 1. The number of esters is 1. The van der Waals surface area contributed by atoms with Crippen molar-refractivity contribution in [2.75, 3.05) is 32.8 Å². The largest absolute Gasteiger partial charge is 0.462 e. The van der Waals surface area contributed by atoms with Crippen LogP contribution in [0.15, 0.2) is 4.79 Å². The normalized spacial score (nSPS) is 15.9. The molecule has 0 amide bonds. The standard InChI is InChI=1S/C15H20N4O3S/c1-3-22-15(21)12-9(2)11-13(20)17-10(18-14(11)23-12)8-19-6-4-16-5-7-19/h16H,3-8H2,1-2H3,(H,17,18,20). The van der Waals surface area contributed by atoms with E-state index in [0.29, 0.717) is 39.6 Å². The molecule has 3 heterocycles. The van der Waals surface area contributed by atoms with Crippen molar-refractivity contribution in [1.29, 1.82) is 0 Å². The summed E-state index contributed by atoms with van der Waals surface area (Å²) >= 11 is 1.23. The Kier molecular flexibility index (Phi) is 4.74. The molecule has 3 rings (SSSR count). The maximum atomic E-state index is 12.4. The van der Waals surface area contributed by atoms with Gasteiger partial charge in [-0.2, -0.15) is 0 Å². The number of hydrogen-bond donors (Lipinski definition) is 2. The predicted octanol–water partition coefficient (Wildman–Crippen LogP) is 0.875. The minimum Gasteiger partial charge on any atom is -0.462 e. The minimum atomic E-state index is -0.393. The maximum Gasteiger partial charge on any atom is 0.348 e. The van der Waals surface area contributed by atoms with Crippen LogP contribution in [0.2, 0.25) is 0 Å². The number of aryl methyl sites for hydroxylation is 1. The van der Waals surface area contributed by atoms with Gasteiger partial charge in [0.25, 0.3) is 5.56 Å². The first-order chi connectivity index (χ1) is 11.1. The molecule has 8 heteroatoms. The van der Waals surface area contributed by atoms with Crippen molar-refractivity contribution < 1.29 is 9.53 Å². The number of nitrogens with one attached hydrogen (secondary N) is 2. The number of aromatic amines is 1. The van der Waals surface area contributed by atoms with Gasteiger partial charge in [0.15, 0.2) is 0 Å². The van der Waals surface area contributed by atoms with E-state index >= 15 is 0 Å². The van der Waals surface area contributed by atoms with Crippen LogP contribution in [-0.4, -0.2) is 53.6 Å². The summed E-state index contributed by atoms with van der Waals surface area (Å²) in [6.07, 6.45) is 0. The van der Waals surface area contributed by atoms with Crippen molar-refractivity contribution in [3.63, 3.8) is 0 Å². The van der Waals surface area contributed by atoms with Crippen molar-refractivity contribution in [2.45, 2.75) is 20.4 Å². The second kappa shape index (κ2) is 6.77. The van der Waals surface area contributed by atoms with Crippen LogP contribution in [0.25, 0.3) is 10.2 Å². The van der Waals surface area contributed by atoms with Crippen molar-refractivity contribution >= 4 is 27.5 Å². The van der Waals surface area contributed by atoms with Gasteiger partial charge in [0.2, 0.25) is 0 Å². The molecule has 0 bridgehead atoms. The summed E-state index contributed by atoms with van der Waals surface area (Å²) in [4.78, 5) is 35.1. The third-order valence-corrected chi connectivity index (χ3v) is 5.06. The van der Waals surface area contributed by atoms with Gasteiger partial charge in [-0.05, 0) is 19.4 Å². The van der Waals surface area contributed by atoms with Crippen LogP contribution in [0.4, 0.5) is 0 Å². The lowest BCUT2D eigenvalue weighted by Gasteiger charge is -2.26. The summed E-state index contributed by atoms with van der Waals surface area (Å²) < 4.78 is 5.05. The highest BCUT2D eigenvalue weighted by Gasteiger charge is 2.20. The molecule has 0 unspecified atom stereocenters. The molecule has 1 saturated heterocycles. The first-order valence-electron chi connectivity index (χ1n) is 7.72. The zero-order chi connectivity index (χ0) is 16.4. The number of nitrogens with zero attached hydrogens (tertiary/aromatic N) is 2. The molecule has 0 saturated carbocycles. The van der Waals surface area contributed by atoms with Crippen LogP contribution in [0.3, 0.4) is 0 Å². The van der Waals surface area contributed by atoms with Crippen molar-refractivity contribution in [3.8, 4) is 0 Å². The zero-order valence-corrected chi connectivity index (χ0v) is 14.1. The Morgan fingerprint density at radius 3 is 2.83 bits per heavy atom. The van der Waals surface area contributed by atoms with Gasteiger partial charge >= 0.3 is 5.97 Å². The molecule has 2 aromatic heterocycles. The number of fused-ring (bicyclic) bond motifs is 1. The number of piperazine rings is 1. The van der Waals surface area contributed by atoms with Crippen molar-refractivity contribution in [3.05, 3.63) is 26.6 Å². The topological polar surface area (TPSA) is 87.3 Å². The van der Waals surface area contributed by atoms with Crippen LogP contribution < -0.4 is 10.9 Å². The average molecular weight is 336 g/mol. The maximum absolute atomic E-state index is 12.4. The molecule has 0 radical (unpaired) electrons. The molecule has 0 aromatic carbocycles. The second-order valence-corrected chi connectivity index (χ2v) is 6.49. The summed E-state index contributed by atoms with van der Waals surface area (Å²) in [5.74, 6) is 0.247. The van der Waals surface area contributed by atoms with E-state index in [1.807, 2.05) is 0 Å². The van der Waals surface area contributed by atoms with Gasteiger partial charge in [0, 0.05) is 26.2 Å². The van der Waals surface area contributed by atoms with Gasteiger partial charge < -0.3 is 15.0 Å². The number of rotatable bonds is 4. The summed E-state index contributed by atoms with van der Waals surface area (Å²) in [5, 5.41) is 3.78. The van der Waals surface area contributed by atoms with Crippen LogP contribution in [0.5, 0.6) is 0 Å². The molecular weight excluding hydrogens is 316 g/mol. The summed E-state index contributed by atoms with van der Waals surface area (Å²) in [7, 11) is 0. The monoisotopic (exact) mass is 336 g/mol. The summed E-state index contributed by atoms with van der Waals surface area (Å²) in [5.41, 5.74) is 0.454. The Labute approximate surface area is 137 Å². The van der Waals surface area contributed by atoms with E-state index in [1.54, 1.807) is 13.8 Å². The van der Waals surface area contributed by atoms with Crippen LogP contribution in [0.1, 0.15) is 28.0 Å². The highest BCUT2D eigenvalue weighted by atomic mass is 32.1. The molecule has 1 aliphatic heterocycles. The van der Waals surface area contributed by atoms with Crippen LogP contribution in [-0.2, 0) is 11.3 Å². The number of ether oxygens (including phenoxy) is 1. The van der Waals surface area contributed by atoms with E-state index in [0.717, 1.165) is 26.2 Å². The van der Waals surface area contributed by atoms with Gasteiger partial charge in [-0.25, -0.2) is 9.78 Å². The Balaban J connectivity index is 1.94. The molecule has 2 N–H and O–H groups in total.